The van der Waals surface area contributed by atoms with E-state index in [1.807, 2.05) is 0 Å². The Kier molecular flexibility index (Phi) is 6.24. The SMILES string of the molecule is NC(=O)C=CC1=c2c(Cl)cc(Cl)cc2=NC1(C(=O)O)c1cccc(NC(=O)c2ccccc2)c1. The Morgan fingerprint density at radius 2 is 1.74 bits per heavy atom. The number of nitrogens with one attached hydrogen (secondary N) is 1. The average molecular weight is 494 g/mol. The average Bonchev–Trinajstić information content (AvgIpc) is 3.14. The third kappa shape index (κ3) is 4.19. The van der Waals surface area contributed by atoms with Gasteiger partial charge in [-0.3, -0.25) is 14.6 Å². The second-order valence-electron chi connectivity index (χ2n) is 7.46. The van der Waals surface area contributed by atoms with E-state index in [-0.39, 0.29) is 32.4 Å². The predicted octanol–water partition coefficient (Wildman–Crippen LogP) is 3.05. The summed E-state index contributed by atoms with van der Waals surface area (Å²) >= 11 is 12.5. The molecule has 0 saturated heterocycles. The number of primary amides is 1. The fourth-order valence-electron chi connectivity index (χ4n) is 3.83. The summed E-state index contributed by atoms with van der Waals surface area (Å²) in [4.78, 5) is 41.4. The maximum absolute atomic E-state index is 12.8. The third-order valence-corrected chi connectivity index (χ3v) is 5.80. The highest BCUT2D eigenvalue weighted by molar-refractivity contribution is 6.34. The van der Waals surface area contributed by atoms with Crippen molar-refractivity contribution in [1.29, 1.82) is 0 Å². The molecule has 0 bridgehead atoms. The summed E-state index contributed by atoms with van der Waals surface area (Å²) in [6.45, 7) is 0. The first kappa shape index (κ1) is 23.2. The molecule has 9 heteroatoms. The molecule has 0 aromatic heterocycles. The lowest BCUT2D eigenvalue weighted by atomic mass is 9.82. The molecule has 2 amide bonds. The van der Waals surface area contributed by atoms with Crippen molar-refractivity contribution in [1.82, 2.24) is 0 Å². The number of hydrogen-bond donors (Lipinski definition) is 3. The predicted molar refractivity (Wildman–Crippen MR) is 129 cm³/mol. The Balaban J connectivity index is 1.90. The van der Waals surface area contributed by atoms with Crippen LogP contribution in [0.25, 0.3) is 5.57 Å². The van der Waals surface area contributed by atoms with Crippen molar-refractivity contribution in [2.75, 3.05) is 5.32 Å². The van der Waals surface area contributed by atoms with Crippen LogP contribution in [0.5, 0.6) is 0 Å². The number of carboxylic acid groups (broad SMARTS) is 1. The lowest BCUT2D eigenvalue weighted by Crippen LogP contribution is -2.35. The number of amides is 2. The maximum atomic E-state index is 12.8. The summed E-state index contributed by atoms with van der Waals surface area (Å²) < 4.78 is 0. The van der Waals surface area contributed by atoms with Crippen LogP contribution in [0, 0.1) is 0 Å². The van der Waals surface area contributed by atoms with Gasteiger partial charge in [0, 0.05) is 33.1 Å². The molecule has 0 radical (unpaired) electrons. The number of carbonyl (C=O) groups excluding carboxylic acids is 2. The van der Waals surface area contributed by atoms with E-state index < -0.39 is 17.4 Å². The molecule has 4 rings (SSSR count). The van der Waals surface area contributed by atoms with E-state index in [2.05, 4.69) is 10.3 Å². The van der Waals surface area contributed by atoms with Gasteiger partial charge in [0.05, 0.1) is 10.4 Å². The van der Waals surface area contributed by atoms with Crippen molar-refractivity contribution in [2.45, 2.75) is 5.54 Å². The quantitative estimate of drug-likeness (QED) is 0.456. The van der Waals surface area contributed by atoms with Crippen LogP contribution in [-0.2, 0) is 15.1 Å². The zero-order valence-corrected chi connectivity index (χ0v) is 19.0. The van der Waals surface area contributed by atoms with Crippen molar-refractivity contribution < 1.29 is 19.5 Å². The van der Waals surface area contributed by atoms with Gasteiger partial charge in [0.15, 0.2) is 0 Å². The van der Waals surface area contributed by atoms with Gasteiger partial charge < -0.3 is 16.2 Å². The molecule has 0 fully saturated rings. The number of carbonyl (C=O) groups is 3. The lowest BCUT2D eigenvalue weighted by molar-refractivity contribution is -0.141. The number of anilines is 1. The molecular weight excluding hydrogens is 477 g/mol. The van der Waals surface area contributed by atoms with E-state index in [1.54, 1.807) is 48.5 Å². The van der Waals surface area contributed by atoms with Crippen LogP contribution in [0.15, 0.2) is 83.9 Å². The van der Waals surface area contributed by atoms with E-state index in [9.17, 15) is 19.5 Å². The standard InChI is InChI=1S/C25H17Cl2N3O4/c26-16-12-19(27)22-18(9-10-21(28)31)25(24(33)34,30-20(22)13-16)15-7-4-8-17(11-15)29-23(32)14-5-2-1-3-6-14/h1-13H,(H2,28,31)(H,29,32)(H,33,34). The van der Waals surface area contributed by atoms with Crippen LogP contribution in [-0.4, -0.2) is 22.9 Å². The van der Waals surface area contributed by atoms with Gasteiger partial charge in [0.1, 0.15) is 0 Å². The van der Waals surface area contributed by atoms with Crippen LogP contribution < -0.4 is 21.6 Å². The molecule has 0 spiro atoms. The van der Waals surface area contributed by atoms with Crippen molar-refractivity contribution >= 4 is 52.2 Å². The number of nitrogens with two attached hydrogens (primary N) is 1. The van der Waals surface area contributed by atoms with Crippen LogP contribution in [0.1, 0.15) is 15.9 Å². The lowest BCUT2D eigenvalue weighted by Gasteiger charge is -2.25. The highest BCUT2D eigenvalue weighted by Crippen LogP contribution is 2.39. The van der Waals surface area contributed by atoms with Crippen molar-refractivity contribution in [3.05, 3.63) is 111 Å². The number of halogens is 2. The monoisotopic (exact) mass is 493 g/mol. The molecule has 3 aromatic carbocycles. The fourth-order valence-corrected chi connectivity index (χ4v) is 4.41. The molecular formula is C25H17Cl2N3O4. The molecule has 0 saturated carbocycles. The first-order valence-electron chi connectivity index (χ1n) is 10.00. The summed E-state index contributed by atoms with van der Waals surface area (Å²) in [5.41, 5.74) is 4.49. The highest BCUT2D eigenvalue weighted by atomic mass is 35.5. The van der Waals surface area contributed by atoms with Gasteiger partial charge in [0.25, 0.3) is 5.91 Å². The molecule has 4 N–H and O–H groups in total. The first-order valence-corrected chi connectivity index (χ1v) is 10.8. The van der Waals surface area contributed by atoms with Gasteiger partial charge in [-0.2, -0.15) is 0 Å². The topological polar surface area (TPSA) is 122 Å². The molecule has 1 atom stereocenters. The summed E-state index contributed by atoms with van der Waals surface area (Å²) in [6, 6.07) is 17.8. The minimum Gasteiger partial charge on any atom is -0.479 e. The molecule has 34 heavy (non-hydrogen) atoms. The van der Waals surface area contributed by atoms with Crippen LogP contribution in [0.4, 0.5) is 5.69 Å². The molecule has 170 valence electrons. The van der Waals surface area contributed by atoms with Gasteiger partial charge in [-0.15, -0.1) is 0 Å². The van der Waals surface area contributed by atoms with E-state index in [4.69, 9.17) is 28.9 Å². The zero-order valence-electron chi connectivity index (χ0n) is 17.5. The van der Waals surface area contributed by atoms with Crippen molar-refractivity contribution in [2.24, 2.45) is 10.7 Å². The number of carboxylic acids is 1. The molecule has 1 heterocycles. The van der Waals surface area contributed by atoms with Crippen LogP contribution in [0.3, 0.4) is 0 Å². The summed E-state index contributed by atoms with van der Waals surface area (Å²) in [5, 5.41) is 14.2. The van der Waals surface area contributed by atoms with E-state index in [0.29, 0.717) is 16.5 Å². The van der Waals surface area contributed by atoms with Crippen LogP contribution in [0.2, 0.25) is 10.0 Å². The molecule has 1 aliphatic rings. The summed E-state index contributed by atoms with van der Waals surface area (Å²) in [6.07, 6.45) is 2.34. The molecule has 0 aliphatic carbocycles. The normalized spacial score (nSPS) is 16.7. The zero-order chi connectivity index (χ0) is 24.5. The minimum atomic E-state index is -1.96. The summed E-state index contributed by atoms with van der Waals surface area (Å²) in [7, 11) is 0. The Bertz CT molecular complexity index is 1490. The van der Waals surface area contributed by atoms with Gasteiger partial charge in [0.2, 0.25) is 11.4 Å². The maximum Gasteiger partial charge on any atom is 0.341 e. The minimum absolute atomic E-state index is 0.141. The Hall–Kier alpha value is -3.94. The van der Waals surface area contributed by atoms with E-state index in [0.717, 1.165) is 6.08 Å². The molecule has 1 aliphatic heterocycles. The molecule has 3 aromatic rings. The van der Waals surface area contributed by atoms with Crippen molar-refractivity contribution in [3.8, 4) is 0 Å². The number of nitrogens with zero attached hydrogens (tertiary/aromatic N) is 1. The second-order valence-corrected chi connectivity index (χ2v) is 8.30. The third-order valence-electron chi connectivity index (χ3n) is 5.28. The fraction of sp³-hybridized carbons (Fsp3) is 0.0400. The van der Waals surface area contributed by atoms with Gasteiger partial charge >= 0.3 is 5.97 Å². The van der Waals surface area contributed by atoms with Gasteiger partial charge in [-0.05, 0) is 48.0 Å². The Labute approximate surface area is 203 Å². The first-order chi connectivity index (χ1) is 16.2. The van der Waals surface area contributed by atoms with E-state index >= 15 is 0 Å². The van der Waals surface area contributed by atoms with Crippen molar-refractivity contribution in [3.63, 3.8) is 0 Å². The molecule has 1 unspecified atom stereocenters. The highest BCUT2D eigenvalue weighted by Gasteiger charge is 2.46. The summed E-state index contributed by atoms with van der Waals surface area (Å²) in [5.74, 6) is -2.44. The number of benzene rings is 3. The number of fused-ring (bicyclic) bond motifs is 1. The Morgan fingerprint density at radius 3 is 2.41 bits per heavy atom. The second kappa shape index (κ2) is 9.13. The van der Waals surface area contributed by atoms with Gasteiger partial charge in [-0.25, -0.2) is 4.79 Å². The largest absolute Gasteiger partial charge is 0.479 e. The molecule has 7 nitrogen and oxygen atoms in total. The smallest absolute Gasteiger partial charge is 0.341 e. The van der Waals surface area contributed by atoms with Gasteiger partial charge in [-0.1, -0.05) is 53.5 Å². The number of rotatable bonds is 6. The van der Waals surface area contributed by atoms with Crippen LogP contribution >= 0.6 is 23.2 Å². The number of hydrogen-bond acceptors (Lipinski definition) is 4. The Morgan fingerprint density at radius 1 is 1.00 bits per heavy atom. The van der Waals surface area contributed by atoms with E-state index in [1.165, 1.54) is 24.3 Å². The number of aliphatic carboxylic acids is 1.